The normalized spacial score (nSPS) is 18.9. The van der Waals surface area contributed by atoms with Crippen molar-refractivity contribution in [2.24, 2.45) is 0 Å². The fourth-order valence-electron chi connectivity index (χ4n) is 2.99. The van der Waals surface area contributed by atoms with Crippen molar-refractivity contribution >= 4 is 5.52 Å². The van der Waals surface area contributed by atoms with Gasteiger partial charge in [-0.05, 0) is 24.6 Å². The largest absolute Gasteiger partial charge is 0.305 e. The molecule has 1 aliphatic carbocycles. The first kappa shape index (κ1) is 15.0. The van der Waals surface area contributed by atoms with Crippen molar-refractivity contribution in [3.8, 4) is 0 Å². The maximum absolute atomic E-state index is 13.3. The summed E-state index contributed by atoms with van der Waals surface area (Å²) in [6, 6.07) is 6.01. The Hall–Kier alpha value is -2.57. The molecule has 1 fully saturated rings. The third-order valence-corrected chi connectivity index (χ3v) is 4.40. The maximum atomic E-state index is 13.3. The van der Waals surface area contributed by atoms with Crippen LogP contribution < -0.4 is 5.56 Å². The highest BCUT2D eigenvalue weighted by Crippen LogP contribution is 2.55. The zero-order valence-electron chi connectivity index (χ0n) is 12.8. The van der Waals surface area contributed by atoms with Gasteiger partial charge in [0.2, 0.25) is 0 Å². The molecule has 0 aliphatic heterocycles. The maximum Gasteiger partial charge on any atom is 0.276 e. The summed E-state index contributed by atoms with van der Waals surface area (Å²) in [5.41, 5.74) is 1.16. The number of benzene rings is 1. The van der Waals surface area contributed by atoms with Gasteiger partial charge >= 0.3 is 0 Å². The molecule has 1 saturated carbocycles. The lowest BCUT2D eigenvalue weighted by Crippen LogP contribution is -2.25. The molecule has 1 aromatic carbocycles. The van der Waals surface area contributed by atoms with Gasteiger partial charge in [0, 0.05) is 18.3 Å². The van der Waals surface area contributed by atoms with Crippen molar-refractivity contribution in [1.29, 1.82) is 0 Å². The van der Waals surface area contributed by atoms with Gasteiger partial charge in [-0.25, -0.2) is 18.2 Å². The van der Waals surface area contributed by atoms with Crippen LogP contribution in [0.3, 0.4) is 0 Å². The summed E-state index contributed by atoms with van der Waals surface area (Å²) in [5.74, 6) is -3.83. The Labute approximate surface area is 135 Å². The average molecular weight is 333 g/mol. The van der Waals surface area contributed by atoms with E-state index < -0.39 is 11.8 Å². The molecular formula is C17H14F3N3O. The number of hydrogen-bond donors (Lipinski definition) is 0. The van der Waals surface area contributed by atoms with E-state index in [4.69, 9.17) is 0 Å². The average Bonchev–Trinajstić information content (AvgIpc) is 2.95. The zero-order valence-corrected chi connectivity index (χ0v) is 12.8. The van der Waals surface area contributed by atoms with E-state index in [1.54, 1.807) is 25.3 Å². The lowest BCUT2D eigenvalue weighted by molar-refractivity contribution is 0.111. The Morgan fingerprint density at radius 3 is 2.79 bits per heavy atom. The molecule has 4 nitrogen and oxygen atoms in total. The molecule has 0 saturated heterocycles. The van der Waals surface area contributed by atoms with E-state index in [1.165, 1.54) is 27.3 Å². The number of fused-ring (bicyclic) bond motifs is 1. The second kappa shape index (κ2) is 4.96. The molecule has 0 spiro atoms. The number of alkyl halides is 2. The predicted molar refractivity (Wildman–Crippen MR) is 82.0 cm³/mol. The molecule has 0 N–H and O–H groups in total. The summed E-state index contributed by atoms with van der Waals surface area (Å²) in [4.78, 5) is 16.7. The van der Waals surface area contributed by atoms with Crippen LogP contribution in [0.1, 0.15) is 29.4 Å². The molecule has 24 heavy (non-hydrogen) atoms. The third kappa shape index (κ3) is 2.31. The molecule has 1 atom stereocenters. The SMILES string of the molecule is Cc1cn2c(C3CC3(F)F)ncc2c(=O)n1Cc1cccc(F)c1. The predicted octanol–water partition coefficient (Wildman–Crippen LogP) is 3.11. The smallest absolute Gasteiger partial charge is 0.276 e. The van der Waals surface area contributed by atoms with Gasteiger partial charge in [0.05, 0.1) is 18.7 Å². The second-order valence-corrected chi connectivity index (χ2v) is 6.18. The first-order chi connectivity index (χ1) is 11.4. The summed E-state index contributed by atoms with van der Waals surface area (Å²) in [6.45, 7) is 1.92. The van der Waals surface area contributed by atoms with Gasteiger partial charge in [-0.3, -0.25) is 9.20 Å². The number of aromatic nitrogens is 3. The Morgan fingerprint density at radius 1 is 1.38 bits per heavy atom. The quantitative estimate of drug-likeness (QED) is 0.739. The zero-order chi connectivity index (χ0) is 17.1. The lowest BCUT2D eigenvalue weighted by atomic mass is 10.2. The first-order valence-corrected chi connectivity index (χ1v) is 7.56. The highest BCUT2D eigenvalue weighted by Gasteiger charge is 2.59. The fraction of sp³-hybridized carbons (Fsp3) is 0.294. The minimum absolute atomic E-state index is 0.207. The summed E-state index contributed by atoms with van der Waals surface area (Å²) >= 11 is 0. The van der Waals surface area contributed by atoms with Gasteiger partial charge in [-0.15, -0.1) is 0 Å². The third-order valence-electron chi connectivity index (χ3n) is 4.40. The molecule has 2 heterocycles. The van der Waals surface area contributed by atoms with Crippen molar-refractivity contribution in [3.05, 3.63) is 69.9 Å². The van der Waals surface area contributed by atoms with E-state index in [0.717, 1.165) is 0 Å². The number of rotatable bonds is 3. The van der Waals surface area contributed by atoms with Gasteiger partial charge in [0.25, 0.3) is 11.5 Å². The van der Waals surface area contributed by atoms with Gasteiger partial charge in [0.1, 0.15) is 17.2 Å². The van der Waals surface area contributed by atoms with Crippen molar-refractivity contribution < 1.29 is 13.2 Å². The van der Waals surface area contributed by atoms with E-state index >= 15 is 0 Å². The van der Waals surface area contributed by atoms with E-state index in [9.17, 15) is 18.0 Å². The van der Waals surface area contributed by atoms with Crippen molar-refractivity contribution in [3.63, 3.8) is 0 Å². The molecule has 124 valence electrons. The van der Waals surface area contributed by atoms with Crippen LogP contribution in [-0.4, -0.2) is 19.9 Å². The van der Waals surface area contributed by atoms with Gasteiger partial charge in [-0.2, -0.15) is 0 Å². The van der Waals surface area contributed by atoms with Crippen LogP contribution in [0.25, 0.3) is 5.52 Å². The molecule has 7 heteroatoms. The minimum atomic E-state index is -2.74. The van der Waals surface area contributed by atoms with Crippen LogP contribution in [0.2, 0.25) is 0 Å². The summed E-state index contributed by atoms with van der Waals surface area (Å²) in [7, 11) is 0. The molecule has 2 aromatic heterocycles. The standard InChI is InChI=1S/C17H14F3N3O/c1-10-8-23-14(7-21-15(23)13-6-17(13,19)20)16(24)22(10)9-11-3-2-4-12(18)5-11/h2-5,7-8,13H,6,9H2,1H3. The van der Waals surface area contributed by atoms with Gasteiger partial charge < -0.3 is 4.57 Å². The highest BCUT2D eigenvalue weighted by atomic mass is 19.3. The van der Waals surface area contributed by atoms with Gasteiger partial charge in [0.15, 0.2) is 0 Å². The molecule has 0 amide bonds. The van der Waals surface area contributed by atoms with Crippen LogP contribution in [0, 0.1) is 12.7 Å². The van der Waals surface area contributed by atoms with E-state index in [2.05, 4.69) is 4.98 Å². The number of halogens is 3. The minimum Gasteiger partial charge on any atom is -0.305 e. The van der Waals surface area contributed by atoms with Crippen molar-refractivity contribution in [1.82, 2.24) is 14.0 Å². The number of hydrogen-bond acceptors (Lipinski definition) is 2. The van der Waals surface area contributed by atoms with E-state index in [0.29, 0.717) is 11.3 Å². The first-order valence-electron chi connectivity index (χ1n) is 7.56. The molecule has 0 radical (unpaired) electrons. The van der Waals surface area contributed by atoms with Crippen LogP contribution >= 0.6 is 0 Å². The Bertz CT molecular complexity index is 1010. The van der Waals surface area contributed by atoms with E-state index in [-0.39, 0.29) is 35.7 Å². The van der Waals surface area contributed by atoms with Crippen molar-refractivity contribution in [2.45, 2.75) is 31.7 Å². The molecule has 1 unspecified atom stereocenters. The molecule has 1 aliphatic rings. The van der Waals surface area contributed by atoms with E-state index in [1.807, 2.05) is 0 Å². The fourth-order valence-corrected chi connectivity index (χ4v) is 2.99. The van der Waals surface area contributed by atoms with Crippen LogP contribution in [0.4, 0.5) is 13.2 Å². The molecule has 4 rings (SSSR count). The number of aryl methyl sites for hydroxylation is 1. The number of nitrogens with zero attached hydrogens (tertiary/aromatic N) is 3. The van der Waals surface area contributed by atoms with Crippen molar-refractivity contribution in [2.75, 3.05) is 0 Å². The lowest BCUT2D eigenvalue weighted by Gasteiger charge is -2.12. The van der Waals surface area contributed by atoms with Crippen LogP contribution in [-0.2, 0) is 6.54 Å². The van der Waals surface area contributed by atoms with Crippen LogP contribution in [0.5, 0.6) is 0 Å². The van der Waals surface area contributed by atoms with Gasteiger partial charge in [-0.1, -0.05) is 12.1 Å². The Kier molecular flexibility index (Phi) is 3.10. The molecule has 0 bridgehead atoms. The summed E-state index contributed by atoms with van der Waals surface area (Å²) in [6.07, 6.45) is 2.72. The van der Waals surface area contributed by atoms with Crippen LogP contribution in [0.15, 0.2) is 41.5 Å². The molecular weight excluding hydrogens is 319 g/mol. The number of imidazole rings is 1. The summed E-state index contributed by atoms with van der Waals surface area (Å²) < 4.78 is 42.9. The Balaban J connectivity index is 1.80. The highest BCUT2D eigenvalue weighted by molar-refractivity contribution is 5.46. The summed E-state index contributed by atoms with van der Waals surface area (Å²) in [5, 5.41) is 0. The topological polar surface area (TPSA) is 39.3 Å². The molecule has 3 aromatic rings. The monoisotopic (exact) mass is 333 g/mol. The second-order valence-electron chi connectivity index (χ2n) is 6.18. The Morgan fingerprint density at radius 2 is 2.12 bits per heavy atom.